The first-order valence-corrected chi connectivity index (χ1v) is 19.9. The third-order valence-electron chi connectivity index (χ3n) is 12.2. The average Bonchev–Trinajstić information content (AvgIpc) is 3.66. The van der Waals surface area contributed by atoms with Crippen molar-refractivity contribution in [3.8, 4) is 11.3 Å². The van der Waals surface area contributed by atoms with Gasteiger partial charge in [-0.15, -0.1) is 0 Å². The van der Waals surface area contributed by atoms with Crippen molar-refractivity contribution in [2.75, 3.05) is 10.6 Å². The second kappa shape index (κ2) is 13.7. The van der Waals surface area contributed by atoms with Gasteiger partial charge in [-0.05, 0) is 82.3 Å². The van der Waals surface area contributed by atoms with Crippen LogP contribution >= 0.6 is 0 Å². The Bertz CT molecular complexity index is 3250. The van der Waals surface area contributed by atoms with Gasteiger partial charge in [0.25, 0.3) is 0 Å². The fourth-order valence-corrected chi connectivity index (χ4v) is 9.43. The van der Waals surface area contributed by atoms with Crippen molar-refractivity contribution in [3.05, 3.63) is 204 Å². The van der Waals surface area contributed by atoms with Crippen LogP contribution in [0.25, 0.3) is 77.8 Å². The number of nitrogens with zero attached hydrogens (tertiary/aromatic N) is 2. The maximum Gasteiger partial charge on any atom is 0.0568 e. The van der Waals surface area contributed by atoms with Gasteiger partial charge >= 0.3 is 0 Å². The van der Waals surface area contributed by atoms with Crippen molar-refractivity contribution in [1.82, 2.24) is 9.13 Å². The fourth-order valence-electron chi connectivity index (χ4n) is 9.43. The molecule has 7 aromatic carbocycles. The van der Waals surface area contributed by atoms with Gasteiger partial charge in [-0.2, -0.15) is 0 Å². The van der Waals surface area contributed by atoms with Gasteiger partial charge in [-0.25, -0.2) is 0 Å². The van der Waals surface area contributed by atoms with E-state index in [0.717, 1.165) is 28.1 Å². The summed E-state index contributed by atoms with van der Waals surface area (Å²) in [6, 6.07) is 47.4. The molecule has 2 N–H and O–H groups in total. The first-order chi connectivity index (χ1) is 28.3. The molecule has 0 radical (unpaired) electrons. The molecular formula is C54H44N4. The van der Waals surface area contributed by atoms with Gasteiger partial charge in [0.2, 0.25) is 0 Å². The lowest BCUT2D eigenvalue weighted by molar-refractivity contribution is 0.914. The van der Waals surface area contributed by atoms with Crippen LogP contribution in [0.5, 0.6) is 0 Å². The van der Waals surface area contributed by atoms with Crippen LogP contribution in [0, 0.1) is 13.8 Å². The summed E-state index contributed by atoms with van der Waals surface area (Å²) < 4.78 is 4.63. The van der Waals surface area contributed by atoms with Crippen molar-refractivity contribution in [2.24, 2.45) is 14.1 Å². The zero-order valence-electron chi connectivity index (χ0n) is 33.3. The smallest absolute Gasteiger partial charge is 0.0568 e. The highest BCUT2D eigenvalue weighted by Crippen LogP contribution is 2.43. The number of hydrogen-bond acceptors (Lipinski definition) is 2. The Labute approximate surface area is 339 Å². The highest BCUT2D eigenvalue weighted by atomic mass is 15.0. The maximum absolute atomic E-state index is 4.59. The fraction of sp³-hybridized carbons (Fsp3) is 0.0741. The summed E-state index contributed by atoms with van der Waals surface area (Å²) in [6.07, 6.45) is 8.45. The molecule has 0 saturated carbocycles. The molecule has 58 heavy (non-hydrogen) atoms. The van der Waals surface area contributed by atoms with Crippen molar-refractivity contribution >= 4 is 77.9 Å². The topological polar surface area (TPSA) is 33.9 Å². The second-order valence-corrected chi connectivity index (χ2v) is 15.5. The minimum Gasteiger partial charge on any atom is -0.361 e. The highest BCUT2D eigenvalue weighted by molar-refractivity contribution is 6.13. The molecule has 11 rings (SSSR count). The third-order valence-corrected chi connectivity index (χ3v) is 12.2. The molecule has 0 fully saturated rings. The Kier molecular flexibility index (Phi) is 8.31. The highest BCUT2D eigenvalue weighted by Gasteiger charge is 2.25. The molecule has 280 valence electrons. The van der Waals surface area contributed by atoms with E-state index in [4.69, 9.17) is 0 Å². The first kappa shape index (κ1) is 35.1. The molecule has 0 unspecified atom stereocenters. The Hall–Kier alpha value is -7.30. The summed E-state index contributed by atoms with van der Waals surface area (Å²) in [5.41, 5.74) is 17.7. The number of hydrogen-bond donors (Lipinski definition) is 2. The Morgan fingerprint density at radius 3 is 1.81 bits per heavy atom. The Morgan fingerprint density at radius 2 is 1.05 bits per heavy atom. The number of benzene rings is 7. The Balaban J connectivity index is 0.000000141. The lowest BCUT2D eigenvalue weighted by Gasteiger charge is -2.19. The van der Waals surface area contributed by atoms with Gasteiger partial charge in [0.15, 0.2) is 0 Å². The SMILES string of the molecule is C=C1c2c(ccc3ccccc23)N/C=C\c2c1n(C)c1c2ccc2ccccc21.C=C1c2cc3ccccc3cc2N/C=C\c2c(C)c(-c3ccccc3C)n(C)c21. The van der Waals surface area contributed by atoms with E-state index in [0.29, 0.717) is 0 Å². The number of nitrogens with one attached hydrogen (secondary N) is 2. The summed E-state index contributed by atoms with van der Waals surface area (Å²) in [5.74, 6) is 0. The Morgan fingerprint density at radius 1 is 0.466 bits per heavy atom. The molecule has 4 nitrogen and oxygen atoms in total. The van der Waals surface area contributed by atoms with Crippen molar-refractivity contribution < 1.29 is 0 Å². The predicted molar refractivity (Wildman–Crippen MR) is 250 cm³/mol. The van der Waals surface area contributed by atoms with Crippen molar-refractivity contribution in [3.63, 3.8) is 0 Å². The van der Waals surface area contributed by atoms with Gasteiger partial charge in [0.05, 0.1) is 22.6 Å². The van der Waals surface area contributed by atoms with Crippen molar-refractivity contribution in [2.45, 2.75) is 13.8 Å². The molecule has 2 aromatic heterocycles. The minimum atomic E-state index is 1.04. The molecule has 0 aliphatic carbocycles. The van der Waals surface area contributed by atoms with E-state index in [-0.39, 0.29) is 0 Å². The molecule has 0 atom stereocenters. The third kappa shape index (κ3) is 5.44. The zero-order valence-corrected chi connectivity index (χ0v) is 33.3. The van der Waals surface area contributed by atoms with Gasteiger partial charge in [0.1, 0.15) is 0 Å². The van der Waals surface area contributed by atoms with E-state index < -0.39 is 0 Å². The van der Waals surface area contributed by atoms with E-state index in [2.05, 4.69) is 206 Å². The van der Waals surface area contributed by atoms with Gasteiger partial charge in [-0.3, -0.25) is 0 Å². The molecular weight excluding hydrogens is 705 g/mol. The summed E-state index contributed by atoms with van der Waals surface area (Å²) in [4.78, 5) is 0. The van der Waals surface area contributed by atoms with Crippen LogP contribution in [0.2, 0.25) is 0 Å². The second-order valence-electron chi connectivity index (χ2n) is 15.5. The van der Waals surface area contributed by atoms with Crippen LogP contribution in [0.3, 0.4) is 0 Å². The van der Waals surface area contributed by atoms with E-state index in [1.54, 1.807) is 0 Å². The number of fused-ring (bicyclic) bond motifs is 11. The molecule has 0 bridgehead atoms. The van der Waals surface area contributed by atoms with E-state index in [1.807, 2.05) is 12.4 Å². The summed E-state index contributed by atoms with van der Waals surface area (Å²) in [5, 5.41) is 15.7. The molecule has 4 heterocycles. The molecule has 2 aliphatic heterocycles. The molecule has 0 amide bonds. The van der Waals surface area contributed by atoms with Crippen LogP contribution in [-0.2, 0) is 14.1 Å². The van der Waals surface area contributed by atoms with E-state index in [9.17, 15) is 0 Å². The summed E-state index contributed by atoms with van der Waals surface area (Å²) in [7, 11) is 4.31. The van der Waals surface area contributed by atoms with Gasteiger partial charge in [-0.1, -0.05) is 128 Å². The number of rotatable bonds is 1. The van der Waals surface area contributed by atoms with Gasteiger partial charge < -0.3 is 19.8 Å². The van der Waals surface area contributed by atoms with Crippen LogP contribution in [-0.4, -0.2) is 9.13 Å². The zero-order chi connectivity index (χ0) is 39.7. The lowest BCUT2D eigenvalue weighted by Crippen LogP contribution is -2.04. The molecule has 2 aliphatic rings. The summed E-state index contributed by atoms with van der Waals surface area (Å²) >= 11 is 0. The first-order valence-electron chi connectivity index (χ1n) is 19.9. The standard InChI is InChI=1S/C27H20N2.C27H24N2/c1-17-25-20-9-5-3-7-18(20)12-14-24(25)28-16-15-23-22-13-11-19-8-4-6-10-21(19)27(22)29(2)26(17)23;1-17-9-5-8-12-22(17)26-18(2)23-13-14-28-25-16-21-11-7-6-10-20(21)15-24(25)19(3)27(23)29(26)4/h3-16,28H,1H2,2H3;5-16,28H,3H2,1-2,4H3/b16-15-;14-13-. The lowest BCUT2D eigenvalue weighted by atomic mass is 9.92. The summed E-state index contributed by atoms with van der Waals surface area (Å²) in [6.45, 7) is 13.5. The van der Waals surface area contributed by atoms with E-state index >= 15 is 0 Å². The maximum atomic E-state index is 4.59. The predicted octanol–water partition coefficient (Wildman–Crippen LogP) is 13.9. The van der Waals surface area contributed by atoms with Crippen molar-refractivity contribution in [1.29, 1.82) is 0 Å². The van der Waals surface area contributed by atoms with Crippen LogP contribution in [0.15, 0.2) is 159 Å². The number of aryl methyl sites for hydroxylation is 2. The quantitative estimate of drug-likeness (QED) is 0.175. The molecule has 0 saturated heterocycles. The number of aromatic nitrogens is 2. The van der Waals surface area contributed by atoms with Crippen LogP contribution in [0.1, 0.15) is 44.8 Å². The minimum absolute atomic E-state index is 1.04. The number of anilines is 2. The van der Waals surface area contributed by atoms with Crippen LogP contribution in [0.4, 0.5) is 11.4 Å². The monoisotopic (exact) mass is 748 g/mol. The van der Waals surface area contributed by atoms with Gasteiger partial charge in [0, 0.05) is 87.6 Å². The molecule has 4 heteroatoms. The normalized spacial score (nSPS) is 14.1. The van der Waals surface area contributed by atoms with Crippen LogP contribution < -0.4 is 10.6 Å². The van der Waals surface area contributed by atoms with E-state index in [1.165, 1.54) is 93.7 Å². The molecule has 0 spiro atoms. The average molecular weight is 749 g/mol. The molecule has 9 aromatic rings. The largest absolute Gasteiger partial charge is 0.361 e.